The number of fused-ring (bicyclic) bond motifs is 1. The van der Waals surface area contributed by atoms with Crippen LogP contribution in [-0.4, -0.2) is 36.9 Å². The van der Waals surface area contributed by atoms with E-state index in [1.54, 1.807) is 6.20 Å². The highest BCUT2D eigenvalue weighted by Crippen LogP contribution is 2.37. The highest BCUT2D eigenvalue weighted by molar-refractivity contribution is 6.12. The van der Waals surface area contributed by atoms with E-state index in [1.807, 2.05) is 10.9 Å². The number of nitrogens with zero attached hydrogens (tertiary/aromatic N) is 5. The SMILES string of the molecule is N#CCC(C1CCCC1)n1cc(-c2ncnc3c2C(=O)C(O)N3)cn1. The lowest BCUT2D eigenvalue weighted by Crippen LogP contribution is -2.20. The fourth-order valence-electron chi connectivity index (χ4n) is 3.83. The van der Waals surface area contributed by atoms with Crippen LogP contribution in [0.2, 0.25) is 0 Å². The molecule has 1 fully saturated rings. The molecule has 2 N–H and O–H groups in total. The van der Waals surface area contributed by atoms with Crippen molar-refractivity contribution in [2.24, 2.45) is 5.92 Å². The van der Waals surface area contributed by atoms with Gasteiger partial charge in [-0.05, 0) is 18.8 Å². The summed E-state index contributed by atoms with van der Waals surface area (Å²) in [4.78, 5) is 20.4. The van der Waals surface area contributed by atoms with Gasteiger partial charge in [0.05, 0.1) is 36.0 Å². The van der Waals surface area contributed by atoms with Gasteiger partial charge in [0.15, 0.2) is 6.23 Å². The Morgan fingerprint density at radius 2 is 2.20 bits per heavy atom. The van der Waals surface area contributed by atoms with Crippen molar-refractivity contribution in [2.45, 2.75) is 44.4 Å². The summed E-state index contributed by atoms with van der Waals surface area (Å²) in [5, 5.41) is 26.0. The number of carbonyl (C=O) groups excluding carboxylic acids is 1. The molecule has 25 heavy (non-hydrogen) atoms. The number of rotatable bonds is 4. The minimum absolute atomic E-state index is 0.0375. The highest BCUT2D eigenvalue weighted by Gasteiger charge is 2.34. The fraction of sp³-hybridized carbons (Fsp3) is 0.471. The molecule has 0 aromatic carbocycles. The Hall–Kier alpha value is -2.79. The van der Waals surface area contributed by atoms with E-state index in [2.05, 4.69) is 26.5 Å². The van der Waals surface area contributed by atoms with Gasteiger partial charge in [0.1, 0.15) is 12.1 Å². The Morgan fingerprint density at radius 3 is 2.96 bits per heavy atom. The zero-order valence-electron chi connectivity index (χ0n) is 13.6. The molecule has 128 valence electrons. The summed E-state index contributed by atoms with van der Waals surface area (Å²) >= 11 is 0. The standard InChI is InChI=1S/C17H18N6O2/c18-6-5-12(10-3-1-2-4-10)23-8-11(7-21-23)14-13-15(24)17(25)22-16(13)20-9-19-14/h7-10,12,17,25H,1-5H2,(H,19,20,22). The average Bonchev–Trinajstić information content (AvgIpc) is 3.35. The number of anilines is 1. The lowest BCUT2D eigenvalue weighted by Gasteiger charge is -2.21. The van der Waals surface area contributed by atoms with E-state index in [1.165, 1.54) is 19.2 Å². The van der Waals surface area contributed by atoms with E-state index in [0.717, 1.165) is 12.8 Å². The normalized spacial score (nSPS) is 21.0. The summed E-state index contributed by atoms with van der Waals surface area (Å²) in [5.41, 5.74) is 1.42. The highest BCUT2D eigenvalue weighted by atomic mass is 16.3. The van der Waals surface area contributed by atoms with Gasteiger partial charge in [-0.1, -0.05) is 12.8 Å². The molecule has 2 aliphatic rings. The Bertz CT molecular complexity index is 849. The molecule has 8 nitrogen and oxygen atoms in total. The minimum atomic E-state index is -1.29. The van der Waals surface area contributed by atoms with Crippen molar-refractivity contribution in [3.05, 3.63) is 24.3 Å². The van der Waals surface area contributed by atoms with Gasteiger partial charge in [-0.3, -0.25) is 9.48 Å². The number of aromatic nitrogens is 4. The molecule has 4 rings (SSSR count). The summed E-state index contributed by atoms with van der Waals surface area (Å²) in [5.74, 6) is 0.343. The molecular weight excluding hydrogens is 320 g/mol. The molecule has 1 aliphatic carbocycles. The van der Waals surface area contributed by atoms with Gasteiger partial charge in [-0.15, -0.1) is 0 Å². The van der Waals surface area contributed by atoms with Crippen LogP contribution < -0.4 is 5.32 Å². The number of aliphatic hydroxyl groups is 1. The topological polar surface area (TPSA) is 117 Å². The molecule has 8 heteroatoms. The molecule has 2 aromatic rings. The quantitative estimate of drug-likeness (QED) is 0.874. The van der Waals surface area contributed by atoms with Crippen LogP contribution in [0.1, 0.15) is 48.5 Å². The molecule has 2 atom stereocenters. The van der Waals surface area contributed by atoms with Crippen LogP contribution in [0.5, 0.6) is 0 Å². The van der Waals surface area contributed by atoms with Crippen LogP contribution in [-0.2, 0) is 0 Å². The number of carbonyl (C=O) groups is 1. The van der Waals surface area contributed by atoms with Gasteiger partial charge in [-0.25, -0.2) is 9.97 Å². The Morgan fingerprint density at radius 1 is 1.40 bits per heavy atom. The van der Waals surface area contributed by atoms with Gasteiger partial charge < -0.3 is 10.4 Å². The number of aliphatic hydroxyl groups excluding tert-OH is 1. The molecule has 1 aliphatic heterocycles. The number of nitrogens with one attached hydrogen (secondary N) is 1. The summed E-state index contributed by atoms with van der Waals surface area (Å²) in [6.07, 6.45) is 8.57. The first-order chi connectivity index (χ1) is 12.2. The smallest absolute Gasteiger partial charge is 0.217 e. The first-order valence-electron chi connectivity index (χ1n) is 8.44. The monoisotopic (exact) mass is 338 g/mol. The first kappa shape index (κ1) is 15.7. The molecule has 2 unspecified atom stereocenters. The summed E-state index contributed by atoms with van der Waals surface area (Å²) in [6.45, 7) is 0. The van der Waals surface area contributed by atoms with Crippen molar-refractivity contribution in [1.82, 2.24) is 19.7 Å². The maximum Gasteiger partial charge on any atom is 0.217 e. The second-order valence-corrected chi connectivity index (χ2v) is 6.54. The van der Waals surface area contributed by atoms with Crippen LogP contribution in [0.4, 0.5) is 5.82 Å². The van der Waals surface area contributed by atoms with Crippen LogP contribution in [0.15, 0.2) is 18.7 Å². The van der Waals surface area contributed by atoms with Crippen LogP contribution in [0.3, 0.4) is 0 Å². The number of nitriles is 1. The predicted molar refractivity (Wildman–Crippen MR) is 88.4 cm³/mol. The van der Waals surface area contributed by atoms with E-state index in [9.17, 15) is 15.2 Å². The second kappa shape index (κ2) is 6.26. The molecule has 0 bridgehead atoms. The van der Waals surface area contributed by atoms with Crippen LogP contribution in [0.25, 0.3) is 11.3 Å². The molecule has 0 radical (unpaired) electrons. The third kappa shape index (κ3) is 2.66. The van der Waals surface area contributed by atoms with Crippen molar-refractivity contribution in [1.29, 1.82) is 5.26 Å². The van der Waals surface area contributed by atoms with E-state index in [-0.39, 0.29) is 11.6 Å². The third-order valence-corrected chi connectivity index (χ3v) is 5.07. The lowest BCUT2D eigenvalue weighted by molar-refractivity contribution is 0.0814. The van der Waals surface area contributed by atoms with Crippen molar-refractivity contribution >= 4 is 11.6 Å². The zero-order chi connectivity index (χ0) is 17.4. The maximum absolute atomic E-state index is 12.2. The molecular formula is C17H18N6O2. The lowest BCUT2D eigenvalue weighted by atomic mass is 9.96. The van der Waals surface area contributed by atoms with Crippen molar-refractivity contribution < 1.29 is 9.90 Å². The Balaban J connectivity index is 1.70. The molecule has 0 amide bonds. The van der Waals surface area contributed by atoms with Crippen LogP contribution in [0, 0.1) is 17.2 Å². The second-order valence-electron chi connectivity index (χ2n) is 6.54. The third-order valence-electron chi connectivity index (χ3n) is 5.07. The number of Topliss-reactive ketones (excluding diaryl/α,β-unsaturated/α-hetero) is 1. The minimum Gasteiger partial charge on any atom is -0.367 e. The molecule has 0 saturated heterocycles. The van der Waals surface area contributed by atoms with E-state index in [4.69, 9.17) is 0 Å². The van der Waals surface area contributed by atoms with E-state index < -0.39 is 12.0 Å². The van der Waals surface area contributed by atoms with Gasteiger partial charge in [0.25, 0.3) is 0 Å². The molecule has 2 aromatic heterocycles. The number of ketones is 1. The Labute approximate surface area is 144 Å². The summed E-state index contributed by atoms with van der Waals surface area (Å²) < 4.78 is 1.83. The van der Waals surface area contributed by atoms with Gasteiger partial charge in [0.2, 0.25) is 5.78 Å². The molecule has 1 saturated carbocycles. The zero-order valence-corrected chi connectivity index (χ0v) is 13.6. The number of hydrogen-bond acceptors (Lipinski definition) is 7. The maximum atomic E-state index is 12.2. The van der Waals surface area contributed by atoms with Gasteiger partial charge in [-0.2, -0.15) is 10.4 Å². The van der Waals surface area contributed by atoms with Crippen molar-refractivity contribution in [2.75, 3.05) is 5.32 Å². The Kier molecular flexibility index (Phi) is 3.93. The van der Waals surface area contributed by atoms with Gasteiger partial charge >= 0.3 is 0 Å². The fourth-order valence-corrected chi connectivity index (χ4v) is 3.83. The largest absolute Gasteiger partial charge is 0.367 e. The first-order valence-corrected chi connectivity index (χ1v) is 8.44. The summed E-state index contributed by atoms with van der Waals surface area (Å²) in [6, 6.07) is 2.30. The number of hydrogen-bond donors (Lipinski definition) is 2. The van der Waals surface area contributed by atoms with Crippen molar-refractivity contribution in [3.63, 3.8) is 0 Å². The van der Waals surface area contributed by atoms with E-state index in [0.29, 0.717) is 29.4 Å². The summed E-state index contributed by atoms with van der Waals surface area (Å²) in [7, 11) is 0. The van der Waals surface area contributed by atoms with Crippen molar-refractivity contribution in [3.8, 4) is 17.3 Å². The molecule has 0 spiro atoms. The van der Waals surface area contributed by atoms with E-state index >= 15 is 0 Å². The average molecular weight is 338 g/mol. The van der Waals surface area contributed by atoms with Gasteiger partial charge in [0, 0.05) is 11.8 Å². The van der Waals surface area contributed by atoms with Crippen LogP contribution >= 0.6 is 0 Å². The molecule has 3 heterocycles. The predicted octanol–water partition coefficient (Wildman–Crippen LogP) is 1.91.